The van der Waals surface area contributed by atoms with Crippen molar-refractivity contribution >= 4 is 0 Å². The SMILES string of the molecule is Oc1ccccc1C1(COCC2CO2)CO1. The molecular weight excluding hydrogens is 208 g/mol. The van der Waals surface area contributed by atoms with Gasteiger partial charge in [0, 0.05) is 5.56 Å². The number of phenols is 1. The monoisotopic (exact) mass is 222 g/mol. The summed E-state index contributed by atoms with van der Waals surface area (Å²) in [7, 11) is 0. The predicted octanol–water partition coefficient (Wildman–Crippen LogP) is 1.03. The maximum atomic E-state index is 9.75. The molecule has 2 unspecified atom stereocenters. The summed E-state index contributed by atoms with van der Waals surface area (Å²) in [6, 6.07) is 7.23. The van der Waals surface area contributed by atoms with Crippen LogP contribution in [0.4, 0.5) is 0 Å². The lowest BCUT2D eigenvalue weighted by atomic mass is 10.00. The fraction of sp³-hybridized carbons (Fsp3) is 0.500. The second-order valence-corrected chi connectivity index (χ2v) is 4.27. The van der Waals surface area contributed by atoms with E-state index < -0.39 is 5.60 Å². The van der Waals surface area contributed by atoms with Crippen LogP contribution in [0.3, 0.4) is 0 Å². The van der Waals surface area contributed by atoms with Crippen LogP contribution < -0.4 is 0 Å². The summed E-state index contributed by atoms with van der Waals surface area (Å²) in [5.74, 6) is 0.270. The smallest absolute Gasteiger partial charge is 0.143 e. The number of rotatable bonds is 5. The highest BCUT2D eigenvalue weighted by atomic mass is 16.6. The van der Waals surface area contributed by atoms with Crippen LogP contribution in [0.5, 0.6) is 5.75 Å². The molecule has 0 saturated carbocycles. The fourth-order valence-electron chi connectivity index (χ4n) is 1.78. The second kappa shape index (κ2) is 3.73. The van der Waals surface area contributed by atoms with E-state index in [0.717, 1.165) is 12.2 Å². The quantitative estimate of drug-likeness (QED) is 0.756. The first-order valence-electron chi connectivity index (χ1n) is 5.42. The number of hydrogen-bond donors (Lipinski definition) is 1. The Morgan fingerprint density at radius 1 is 1.44 bits per heavy atom. The third-order valence-corrected chi connectivity index (χ3v) is 2.93. The second-order valence-electron chi connectivity index (χ2n) is 4.27. The Hall–Kier alpha value is -1.10. The topological polar surface area (TPSA) is 54.5 Å². The molecular formula is C12H14O4. The van der Waals surface area contributed by atoms with E-state index in [0.29, 0.717) is 19.8 Å². The summed E-state index contributed by atoms with van der Waals surface area (Å²) in [5, 5.41) is 9.75. The van der Waals surface area contributed by atoms with Gasteiger partial charge >= 0.3 is 0 Å². The van der Waals surface area contributed by atoms with Gasteiger partial charge in [-0.1, -0.05) is 18.2 Å². The van der Waals surface area contributed by atoms with Crippen molar-refractivity contribution < 1.29 is 19.3 Å². The number of epoxide rings is 2. The van der Waals surface area contributed by atoms with E-state index in [2.05, 4.69) is 0 Å². The summed E-state index contributed by atoms with van der Waals surface area (Å²) in [6.07, 6.45) is 0.264. The Morgan fingerprint density at radius 2 is 2.19 bits per heavy atom. The average molecular weight is 222 g/mol. The third-order valence-electron chi connectivity index (χ3n) is 2.93. The Kier molecular flexibility index (Phi) is 2.35. The molecule has 2 heterocycles. The molecule has 1 aromatic rings. The van der Waals surface area contributed by atoms with Crippen LogP contribution in [0.2, 0.25) is 0 Å². The zero-order valence-electron chi connectivity index (χ0n) is 8.89. The van der Waals surface area contributed by atoms with Crippen molar-refractivity contribution in [1.82, 2.24) is 0 Å². The molecule has 4 heteroatoms. The van der Waals surface area contributed by atoms with Crippen LogP contribution in [0.1, 0.15) is 5.56 Å². The van der Waals surface area contributed by atoms with E-state index in [1.165, 1.54) is 0 Å². The maximum Gasteiger partial charge on any atom is 0.143 e. The summed E-state index contributed by atoms with van der Waals surface area (Å²) in [4.78, 5) is 0. The van der Waals surface area contributed by atoms with Gasteiger partial charge in [0.05, 0.1) is 26.4 Å². The molecule has 0 spiro atoms. The van der Waals surface area contributed by atoms with Crippen molar-refractivity contribution in [3.05, 3.63) is 29.8 Å². The molecule has 0 bridgehead atoms. The van der Waals surface area contributed by atoms with Gasteiger partial charge in [-0.15, -0.1) is 0 Å². The van der Waals surface area contributed by atoms with Crippen LogP contribution in [-0.2, 0) is 19.8 Å². The van der Waals surface area contributed by atoms with Gasteiger partial charge in [-0.05, 0) is 6.07 Å². The Bertz CT molecular complexity index is 382. The van der Waals surface area contributed by atoms with Crippen LogP contribution >= 0.6 is 0 Å². The van der Waals surface area contributed by atoms with E-state index in [1.54, 1.807) is 12.1 Å². The van der Waals surface area contributed by atoms with Gasteiger partial charge in [0.15, 0.2) is 0 Å². The highest BCUT2D eigenvalue weighted by molar-refractivity contribution is 5.39. The Labute approximate surface area is 93.7 Å². The molecule has 0 amide bonds. The molecule has 16 heavy (non-hydrogen) atoms. The molecule has 86 valence electrons. The summed E-state index contributed by atoms with van der Waals surface area (Å²) in [5.41, 5.74) is 0.381. The largest absolute Gasteiger partial charge is 0.508 e. The number of phenolic OH excluding ortho intramolecular Hbond substituents is 1. The molecule has 4 nitrogen and oxygen atoms in total. The molecule has 2 atom stereocenters. The van der Waals surface area contributed by atoms with E-state index >= 15 is 0 Å². The van der Waals surface area contributed by atoms with Crippen molar-refractivity contribution in [3.8, 4) is 5.75 Å². The molecule has 2 aliphatic heterocycles. The molecule has 3 rings (SSSR count). The molecule has 2 fully saturated rings. The lowest BCUT2D eigenvalue weighted by Gasteiger charge is -2.13. The number of ether oxygens (including phenoxy) is 3. The number of benzene rings is 1. The first-order valence-corrected chi connectivity index (χ1v) is 5.42. The lowest BCUT2D eigenvalue weighted by Crippen LogP contribution is -2.19. The van der Waals surface area contributed by atoms with Crippen LogP contribution in [-0.4, -0.2) is 37.6 Å². The summed E-state index contributed by atoms with van der Waals surface area (Å²) in [6.45, 7) is 2.49. The Morgan fingerprint density at radius 3 is 2.81 bits per heavy atom. The van der Waals surface area contributed by atoms with E-state index in [4.69, 9.17) is 14.2 Å². The van der Waals surface area contributed by atoms with Crippen LogP contribution in [0.15, 0.2) is 24.3 Å². The minimum absolute atomic E-state index is 0.264. The fourth-order valence-corrected chi connectivity index (χ4v) is 1.78. The normalized spacial score (nSPS) is 31.4. The third kappa shape index (κ3) is 1.91. The van der Waals surface area contributed by atoms with Crippen LogP contribution in [0, 0.1) is 0 Å². The molecule has 0 aromatic heterocycles. The van der Waals surface area contributed by atoms with E-state index in [1.807, 2.05) is 12.1 Å². The minimum atomic E-state index is -0.430. The van der Waals surface area contributed by atoms with Gasteiger partial charge in [0.25, 0.3) is 0 Å². The van der Waals surface area contributed by atoms with Gasteiger partial charge in [0.2, 0.25) is 0 Å². The summed E-state index contributed by atoms with van der Waals surface area (Å²) >= 11 is 0. The van der Waals surface area contributed by atoms with Gasteiger partial charge in [0.1, 0.15) is 17.5 Å². The van der Waals surface area contributed by atoms with Crippen molar-refractivity contribution in [1.29, 1.82) is 0 Å². The first-order chi connectivity index (χ1) is 7.80. The predicted molar refractivity (Wildman–Crippen MR) is 56.3 cm³/mol. The van der Waals surface area contributed by atoms with Gasteiger partial charge in [-0.2, -0.15) is 0 Å². The van der Waals surface area contributed by atoms with Gasteiger partial charge in [-0.3, -0.25) is 0 Å². The standard InChI is InChI=1S/C12H14O4/c13-11-4-2-1-3-10(11)12(8-16-12)7-14-5-9-6-15-9/h1-4,9,13H,5-8H2. The van der Waals surface area contributed by atoms with E-state index in [9.17, 15) is 5.11 Å². The minimum Gasteiger partial charge on any atom is -0.508 e. The lowest BCUT2D eigenvalue weighted by molar-refractivity contribution is 0.0662. The van der Waals surface area contributed by atoms with Crippen molar-refractivity contribution in [2.75, 3.05) is 26.4 Å². The molecule has 0 radical (unpaired) electrons. The first kappa shape index (κ1) is 10.1. The van der Waals surface area contributed by atoms with Crippen LogP contribution in [0.25, 0.3) is 0 Å². The summed E-state index contributed by atoms with van der Waals surface area (Å²) < 4.78 is 16.0. The number of para-hydroxylation sites is 1. The maximum absolute atomic E-state index is 9.75. The highest BCUT2D eigenvalue weighted by Crippen LogP contribution is 2.43. The number of aromatic hydroxyl groups is 1. The number of hydrogen-bond acceptors (Lipinski definition) is 4. The zero-order valence-corrected chi connectivity index (χ0v) is 8.89. The molecule has 2 saturated heterocycles. The average Bonchev–Trinajstić information content (AvgIpc) is 3.14. The molecule has 1 aromatic carbocycles. The van der Waals surface area contributed by atoms with Crippen molar-refractivity contribution in [2.45, 2.75) is 11.7 Å². The molecule has 0 aliphatic carbocycles. The van der Waals surface area contributed by atoms with Crippen molar-refractivity contribution in [3.63, 3.8) is 0 Å². The molecule has 1 N–H and O–H groups in total. The Balaban J connectivity index is 1.65. The zero-order chi connectivity index (χ0) is 11.0. The van der Waals surface area contributed by atoms with E-state index in [-0.39, 0.29) is 11.9 Å². The highest BCUT2D eigenvalue weighted by Gasteiger charge is 2.48. The van der Waals surface area contributed by atoms with Gasteiger partial charge < -0.3 is 19.3 Å². The molecule has 2 aliphatic rings. The van der Waals surface area contributed by atoms with Crippen molar-refractivity contribution in [2.24, 2.45) is 0 Å². The van der Waals surface area contributed by atoms with Gasteiger partial charge in [-0.25, -0.2) is 0 Å².